The van der Waals surface area contributed by atoms with E-state index < -0.39 is 28.3 Å². The lowest BCUT2D eigenvalue weighted by Gasteiger charge is -2.23. The molecule has 128 valence electrons. The minimum atomic E-state index is -4.03. The third-order valence-corrected chi connectivity index (χ3v) is 5.34. The summed E-state index contributed by atoms with van der Waals surface area (Å²) in [5.74, 6) is -1.04. The molecule has 0 saturated heterocycles. The Bertz CT molecular complexity index is 816. The molecule has 0 aliphatic carbocycles. The Hall–Kier alpha value is -2.41. The van der Waals surface area contributed by atoms with Gasteiger partial charge in [0.15, 0.2) is 0 Å². The highest BCUT2D eigenvalue weighted by molar-refractivity contribution is 7.92. The van der Waals surface area contributed by atoms with Crippen molar-refractivity contribution in [2.24, 2.45) is 5.73 Å². The molecule has 2 rings (SSSR count). The molecule has 0 saturated carbocycles. The van der Waals surface area contributed by atoms with Crippen LogP contribution >= 0.6 is 0 Å². The first-order valence-electron chi connectivity index (χ1n) is 7.38. The van der Waals surface area contributed by atoms with Crippen molar-refractivity contribution in [2.45, 2.75) is 24.7 Å². The average molecular weight is 350 g/mol. The molecule has 0 heterocycles. The number of halogens is 1. The average Bonchev–Trinajstić information content (AvgIpc) is 2.53. The highest BCUT2D eigenvalue weighted by Gasteiger charge is 2.26. The van der Waals surface area contributed by atoms with Crippen LogP contribution in [0, 0.1) is 5.82 Å². The van der Waals surface area contributed by atoms with Crippen LogP contribution in [-0.2, 0) is 14.8 Å². The fourth-order valence-corrected chi connectivity index (χ4v) is 3.65. The number of hydrogen-bond acceptors (Lipinski definition) is 3. The van der Waals surface area contributed by atoms with Gasteiger partial charge in [0.1, 0.15) is 12.4 Å². The number of primary amides is 1. The second-order valence-corrected chi connectivity index (χ2v) is 7.54. The van der Waals surface area contributed by atoms with E-state index in [1.807, 2.05) is 13.8 Å². The van der Waals surface area contributed by atoms with Crippen LogP contribution in [0.1, 0.15) is 25.3 Å². The van der Waals surface area contributed by atoms with Crippen LogP contribution in [0.5, 0.6) is 0 Å². The SMILES string of the molecule is CC(C)c1ccc(N(CC(N)=O)S(=O)(=O)c2ccc(F)cc2)cc1. The molecule has 24 heavy (non-hydrogen) atoms. The largest absolute Gasteiger partial charge is 0.368 e. The molecule has 0 unspecified atom stereocenters. The molecule has 0 radical (unpaired) electrons. The Labute approximate surface area is 141 Å². The predicted octanol–water partition coefficient (Wildman–Crippen LogP) is 2.63. The van der Waals surface area contributed by atoms with Crippen molar-refractivity contribution in [3.63, 3.8) is 0 Å². The van der Waals surface area contributed by atoms with Crippen molar-refractivity contribution in [1.29, 1.82) is 0 Å². The molecule has 1 amide bonds. The smallest absolute Gasteiger partial charge is 0.264 e. The third kappa shape index (κ3) is 3.91. The van der Waals surface area contributed by atoms with Crippen LogP contribution in [-0.4, -0.2) is 20.9 Å². The first-order chi connectivity index (χ1) is 11.2. The molecule has 2 aromatic rings. The van der Waals surface area contributed by atoms with E-state index in [0.29, 0.717) is 5.69 Å². The van der Waals surface area contributed by atoms with E-state index >= 15 is 0 Å². The molecule has 0 aliphatic rings. The number of rotatable bonds is 6. The van der Waals surface area contributed by atoms with Crippen LogP contribution in [0.2, 0.25) is 0 Å². The van der Waals surface area contributed by atoms with E-state index in [-0.39, 0.29) is 10.8 Å². The summed E-state index contributed by atoms with van der Waals surface area (Å²) in [6.07, 6.45) is 0. The normalized spacial score (nSPS) is 11.5. The van der Waals surface area contributed by atoms with Gasteiger partial charge in [-0.25, -0.2) is 12.8 Å². The molecule has 2 aromatic carbocycles. The van der Waals surface area contributed by atoms with Gasteiger partial charge in [-0.2, -0.15) is 0 Å². The van der Waals surface area contributed by atoms with Gasteiger partial charge in [-0.05, 0) is 47.9 Å². The number of nitrogens with two attached hydrogens (primary N) is 1. The van der Waals surface area contributed by atoms with E-state index in [9.17, 15) is 17.6 Å². The minimum absolute atomic E-state index is 0.113. The van der Waals surface area contributed by atoms with Gasteiger partial charge in [-0.15, -0.1) is 0 Å². The number of carbonyl (C=O) groups excluding carboxylic acids is 1. The fraction of sp³-hybridized carbons (Fsp3) is 0.235. The molecule has 0 aliphatic heterocycles. The third-order valence-electron chi connectivity index (χ3n) is 3.55. The maximum Gasteiger partial charge on any atom is 0.264 e. The second-order valence-electron chi connectivity index (χ2n) is 5.68. The summed E-state index contributed by atoms with van der Waals surface area (Å²) in [7, 11) is -4.03. The highest BCUT2D eigenvalue weighted by atomic mass is 32.2. The van der Waals surface area contributed by atoms with Crippen LogP contribution in [0.4, 0.5) is 10.1 Å². The maximum atomic E-state index is 13.0. The summed E-state index contributed by atoms with van der Waals surface area (Å²) in [5, 5.41) is 0. The number of benzene rings is 2. The molecular weight excluding hydrogens is 331 g/mol. The zero-order valence-electron chi connectivity index (χ0n) is 13.4. The monoisotopic (exact) mass is 350 g/mol. The lowest BCUT2D eigenvalue weighted by Crippen LogP contribution is -2.38. The van der Waals surface area contributed by atoms with E-state index in [0.717, 1.165) is 34.1 Å². The summed E-state index contributed by atoms with van der Waals surface area (Å²) in [6, 6.07) is 11.3. The number of amides is 1. The zero-order chi connectivity index (χ0) is 17.9. The van der Waals surface area contributed by atoms with Gasteiger partial charge < -0.3 is 5.73 Å². The van der Waals surface area contributed by atoms with Gasteiger partial charge in [-0.3, -0.25) is 9.10 Å². The van der Waals surface area contributed by atoms with Crippen LogP contribution in [0.25, 0.3) is 0 Å². The minimum Gasteiger partial charge on any atom is -0.368 e. The topological polar surface area (TPSA) is 80.5 Å². The summed E-state index contributed by atoms with van der Waals surface area (Å²) in [5.41, 5.74) is 6.56. The second kappa shape index (κ2) is 7.00. The molecule has 5 nitrogen and oxygen atoms in total. The van der Waals surface area contributed by atoms with Gasteiger partial charge >= 0.3 is 0 Å². The molecule has 0 bridgehead atoms. The number of nitrogens with zero attached hydrogens (tertiary/aromatic N) is 1. The van der Waals surface area contributed by atoms with E-state index in [1.165, 1.54) is 0 Å². The van der Waals surface area contributed by atoms with Crippen molar-refractivity contribution in [3.8, 4) is 0 Å². The summed E-state index contributed by atoms with van der Waals surface area (Å²) in [6.45, 7) is 3.54. The van der Waals surface area contributed by atoms with Crippen LogP contribution in [0.3, 0.4) is 0 Å². The molecular formula is C17H19FN2O3S. The zero-order valence-corrected chi connectivity index (χ0v) is 14.3. The van der Waals surface area contributed by atoms with Gasteiger partial charge in [0.05, 0.1) is 10.6 Å². The Morgan fingerprint density at radius 3 is 2.08 bits per heavy atom. The van der Waals surface area contributed by atoms with E-state index in [1.54, 1.807) is 24.3 Å². The number of sulfonamides is 1. The predicted molar refractivity (Wildman–Crippen MR) is 90.7 cm³/mol. The fourth-order valence-electron chi connectivity index (χ4n) is 2.22. The standard InChI is InChI=1S/C17H19FN2O3S/c1-12(2)13-3-7-15(8-4-13)20(11-17(19)21)24(22,23)16-9-5-14(18)6-10-16/h3-10,12H,11H2,1-2H3,(H2,19,21). The van der Waals surface area contributed by atoms with Crippen molar-refractivity contribution < 1.29 is 17.6 Å². The first-order valence-corrected chi connectivity index (χ1v) is 8.82. The number of hydrogen-bond donors (Lipinski definition) is 1. The van der Waals surface area contributed by atoms with Crippen molar-refractivity contribution in [1.82, 2.24) is 0 Å². The van der Waals surface area contributed by atoms with Gasteiger partial charge in [-0.1, -0.05) is 26.0 Å². The van der Waals surface area contributed by atoms with Crippen LogP contribution in [0.15, 0.2) is 53.4 Å². The van der Waals surface area contributed by atoms with Crippen molar-refractivity contribution in [2.75, 3.05) is 10.8 Å². The molecule has 0 aromatic heterocycles. The van der Waals surface area contributed by atoms with E-state index in [4.69, 9.17) is 5.73 Å². The maximum absolute atomic E-state index is 13.0. The molecule has 7 heteroatoms. The van der Waals surface area contributed by atoms with Gasteiger partial charge in [0.2, 0.25) is 5.91 Å². The lowest BCUT2D eigenvalue weighted by molar-refractivity contribution is -0.116. The quantitative estimate of drug-likeness (QED) is 0.869. The summed E-state index contributed by atoms with van der Waals surface area (Å²) in [4.78, 5) is 11.2. The van der Waals surface area contributed by atoms with Gasteiger partial charge in [0, 0.05) is 0 Å². The summed E-state index contributed by atoms with van der Waals surface area (Å²) >= 11 is 0. The number of carbonyl (C=O) groups is 1. The van der Waals surface area contributed by atoms with Gasteiger partial charge in [0.25, 0.3) is 10.0 Å². The van der Waals surface area contributed by atoms with Crippen molar-refractivity contribution >= 4 is 21.6 Å². The Balaban J connectivity index is 2.47. The Morgan fingerprint density at radius 1 is 1.08 bits per heavy atom. The first kappa shape index (κ1) is 17.9. The van der Waals surface area contributed by atoms with Crippen LogP contribution < -0.4 is 10.0 Å². The number of anilines is 1. The highest BCUT2D eigenvalue weighted by Crippen LogP contribution is 2.25. The molecule has 0 spiro atoms. The van der Waals surface area contributed by atoms with E-state index in [2.05, 4.69) is 0 Å². The Kier molecular flexibility index (Phi) is 5.23. The van der Waals surface area contributed by atoms with Crippen molar-refractivity contribution in [3.05, 3.63) is 59.9 Å². The lowest BCUT2D eigenvalue weighted by atomic mass is 10.0. The molecule has 0 fully saturated rings. The summed E-state index contributed by atoms with van der Waals surface area (Å²) < 4.78 is 39.6. The molecule has 2 N–H and O–H groups in total. The Morgan fingerprint density at radius 2 is 1.62 bits per heavy atom. The molecule has 0 atom stereocenters.